The third-order valence-corrected chi connectivity index (χ3v) is 13.2. The second kappa shape index (κ2) is 17.8. The number of ether oxygens (including phenoxy) is 2. The van der Waals surface area contributed by atoms with Gasteiger partial charge in [0.15, 0.2) is 5.78 Å². The summed E-state index contributed by atoms with van der Waals surface area (Å²) in [7, 11) is -1.50. The summed E-state index contributed by atoms with van der Waals surface area (Å²) in [6.45, 7) is 13.4. The van der Waals surface area contributed by atoms with Gasteiger partial charge >= 0.3 is 16.2 Å². The highest BCUT2D eigenvalue weighted by Gasteiger charge is 2.61. The van der Waals surface area contributed by atoms with Gasteiger partial charge in [-0.2, -0.15) is 17.7 Å². The number of oxazole rings is 1. The molecule has 5 atom stereocenters. The first-order chi connectivity index (χ1) is 28.2. The molecule has 3 aromatic rings. The molecule has 1 saturated carbocycles. The average molecular weight is 851 g/mol. The summed E-state index contributed by atoms with van der Waals surface area (Å²) in [5.74, 6) is -1.88. The fourth-order valence-corrected chi connectivity index (χ4v) is 9.15. The number of para-hydroxylation sites is 1. The number of rotatable bonds is 11. The van der Waals surface area contributed by atoms with Crippen LogP contribution in [0.3, 0.4) is 0 Å². The Morgan fingerprint density at radius 2 is 1.87 bits per heavy atom. The van der Waals surface area contributed by atoms with E-state index in [1.54, 1.807) is 20.8 Å². The van der Waals surface area contributed by atoms with Crippen molar-refractivity contribution in [1.29, 1.82) is 0 Å². The standard InChI is InChI=1S/C44H62N6O9S/c1-10-17-33-28(4)57-39(45-33)32-20-16-21-34-38(32)46-42(50(34)27(2)3)58-31-23-35-36(51)25-44(41(54)47-60(55,56)48(8)9)24-30(44)19-15-13-11-12-14-18-29(40(53)49(35)26-31)22-37(52)59-43(5,6)7/h15-16,19-21,27,29-31,35H,10-14,17-18,22-26H2,1-9H3,(H,47,54)/b19-15-/t29-,30-,31-,35+,44-/m1/s1. The molecule has 1 N–H and O–H groups in total. The van der Waals surface area contributed by atoms with Gasteiger partial charge in [0.2, 0.25) is 17.7 Å². The van der Waals surface area contributed by atoms with Crippen molar-refractivity contribution in [3.63, 3.8) is 0 Å². The number of amides is 2. The molecule has 2 aromatic heterocycles. The first-order valence-electron chi connectivity index (χ1n) is 21.3. The van der Waals surface area contributed by atoms with Gasteiger partial charge in [-0.1, -0.05) is 44.4 Å². The van der Waals surface area contributed by atoms with Crippen LogP contribution in [-0.2, 0) is 40.5 Å². The van der Waals surface area contributed by atoms with Crippen molar-refractivity contribution < 1.29 is 41.5 Å². The van der Waals surface area contributed by atoms with E-state index in [-0.39, 0.29) is 55.9 Å². The zero-order valence-electron chi connectivity index (χ0n) is 36.6. The number of aryl methyl sites for hydroxylation is 2. The second-order valence-corrected chi connectivity index (χ2v) is 20.1. The van der Waals surface area contributed by atoms with Gasteiger partial charge < -0.3 is 18.8 Å². The predicted octanol–water partition coefficient (Wildman–Crippen LogP) is 6.64. The molecule has 1 aromatic carbocycles. The smallest absolute Gasteiger partial charge is 0.307 e. The topological polar surface area (TPSA) is 183 Å². The molecule has 15 nitrogen and oxygen atoms in total. The van der Waals surface area contributed by atoms with Crippen LogP contribution in [0, 0.1) is 24.2 Å². The first-order valence-corrected chi connectivity index (χ1v) is 22.8. The first kappa shape index (κ1) is 45.0. The van der Waals surface area contributed by atoms with E-state index in [0.717, 1.165) is 53.4 Å². The molecule has 1 aliphatic carbocycles. The zero-order chi connectivity index (χ0) is 43.7. The van der Waals surface area contributed by atoms with Gasteiger partial charge in [-0.3, -0.25) is 23.7 Å². The molecule has 0 unspecified atom stereocenters. The molecule has 3 aliphatic rings. The van der Waals surface area contributed by atoms with E-state index in [2.05, 4.69) is 11.6 Å². The normalized spacial score (nSPS) is 24.8. The van der Waals surface area contributed by atoms with Crippen LogP contribution in [0.25, 0.3) is 22.5 Å². The molecule has 2 aliphatic heterocycles. The number of fused-ring (bicyclic) bond motifs is 3. The van der Waals surface area contributed by atoms with Gasteiger partial charge in [0, 0.05) is 38.9 Å². The maximum Gasteiger partial charge on any atom is 0.307 e. The van der Waals surface area contributed by atoms with Crippen LogP contribution >= 0.6 is 0 Å². The Hall–Kier alpha value is -4.57. The molecule has 16 heteroatoms. The summed E-state index contributed by atoms with van der Waals surface area (Å²) in [4.78, 5) is 67.9. The molecule has 328 valence electrons. The number of benzene rings is 1. The average Bonchev–Trinajstić information content (AvgIpc) is 3.40. The lowest BCUT2D eigenvalue weighted by Crippen LogP contribution is -2.47. The highest BCUT2D eigenvalue weighted by molar-refractivity contribution is 7.87. The summed E-state index contributed by atoms with van der Waals surface area (Å²) in [6.07, 6.45) is 8.33. The van der Waals surface area contributed by atoms with Gasteiger partial charge in [-0.25, -0.2) is 9.71 Å². The number of hydrogen-bond acceptors (Lipinski definition) is 11. The highest BCUT2D eigenvalue weighted by Crippen LogP contribution is 2.57. The Labute approximate surface area is 353 Å². The molecule has 4 heterocycles. The highest BCUT2D eigenvalue weighted by atomic mass is 32.2. The van der Waals surface area contributed by atoms with E-state index in [1.165, 1.54) is 19.0 Å². The van der Waals surface area contributed by atoms with Crippen LogP contribution in [0.5, 0.6) is 6.01 Å². The Balaban J connectivity index is 1.36. The van der Waals surface area contributed by atoms with Crippen LogP contribution in [0.4, 0.5) is 0 Å². The van der Waals surface area contributed by atoms with Crippen molar-refractivity contribution in [2.24, 2.45) is 17.3 Å². The fraction of sp³-hybridized carbons (Fsp3) is 0.636. The number of nitrogens with one attached hydrogen (secondary N) is 1. The number of carbonyl (C=O) groups is 4. The molecule has 0 spiro atoms. The van der Waals surface area contributed by atoms with E-state index >= 15 is 0 Å². The lowest BCUT2D eigenvalue weighted by Gasteiger charge is -2.29. The third kappa shape index (κ3) is 9.80. The number of esters is 1. The lowest BCUT2D eigenvalue weighted by molar-refractivity contribution is -0.159. The number of allylic oxidation sites excluding steroid dienone is 2. The van der Waals surface area contributed by atoms with Gasteiger partial charge in [0.1, 0.15) is 23.0 Å². The van der Waals surface area contributed by atoms with Gasteiger partial charge in [0.25, 0.3) is 6.01 Å². The lowest BCUT2D eigenvalue weighted by atomic mass is 9.90. The summed E-state index contributed by atoms with van der Waals surface area (Å²) < 4.78 is 49.2. The molecule has 2 fully saturated rings. The summed E-state index contributed by atoms with van der Waals surface area (Å²) >= 11 is 0. The molecule has 0 bridgehead atoms. The second-order valence-electron chi connectivity index (χ2n) is 18.2. The maximum absolute atomic E-state index is 14.8. The molecular weight excluding hydrogens is 789 g/mol. The van der Waals surface area contributed by atoms with Crippen LogP contribution in [-0.4, -0.2) is 94.1 Å². The largest absolute Gasteiger partial charge is 0.460 e. The van der Waals surface area contributed by atoms with Crippen LogP contribution in [0.2, 0.25) is 0 Å². The Morgan fingerprint density at radius 3 is 2.55 bits per heavy atom. The van der Waals surface area contributed by atoms with Crippen LogP contribution in [0.15, 0.2) is 34.8 Å². The Kier molecular flexibility index (Phi) is 13.3. The predicted molar refractivity (Wildman–Crippen MR) is 226 cm³/mol. The molecule has 2 amide bonds. The van der Waals surface area contributed by atoms with E-state index in [9.17, 15) is 27.6 Å². The summed E-state index contributed by atoms with van der Waals surface area (Å²) in [5, 5.41) is 0. The van der Waals surface area contributed by atoms with Crippen LogP contribution in [0.1, 0.15) is 123 Å². The number of Topliss-reactive ketones (excluding diaryl/α,β-unsaturated/α-hetero) is 1. The van der Waals surface area contributed by atoms with Crippen molar-refractivity contribution in [3.8, 4) is 17.5 Å². The van der Waals surface area contributed by atoms with Crippen molar-refractivity contribution in [3.05, 3.63) is 41.8 Å². The quantitative estimate of drug-likeness (QED) is 0.161. The molecule has 6 rings (SSSR count). The molecule has 0 radical (unpaired) electrons. The van der Waals surface area contributed by atoms with E-state index < -0.39 is 51.2 Å². The van der Waals surface area contributed by atoms with Crippen molar-refractivity contribution in [1.82, 2.24) is 28.5 Å². The minimum absolute atomic E-state index is 0.0328. The number of hydrogen-bond donors (Lipinski definition) is 1. The number of imidazole rings is 1. The Bertz CT molecular complexity index is 2240. The maximum atomic E-state index is 14.8. The van der Waals surface area contributed by atoms with Gasteiger partial charge in [-0.05, 0) is 91.7 Å². The van der Waals surface area contributed by atoms with Crippen molar-refractivity contribution >= 4 is 44.8 Å². The van der Waals surface area contributed by atoms with Crippen molar-refractivity contribution in [2.75, 3.05) is 20.6 Å². The van der Waals surface area contributed by atoms with Crippen molar-refractivity contribution in [2.45, 2.75) is 143 Å². The summed E-state index contributed by atoms with van der Waals surface area (Å²) in [5.41, 5.74) is 0.984. The summed E-state index contributed by atoms with van der Waals surface area (Å²) in [6, 6.07) is 5.00. The van der Waals surface area contributed by atoms with E-state index in [1.807, 2.05) is 55.7 Å². The molecule has 60 heavy (non-hydrogen) atoms. The number of aromatic nitrogens is 3. The third-order valence-electron chi connectivity index (χ3n) is 11.8. The number of ketones is 1. The molecule has 1 saturated heterocycles. The van der Waals surface area contributed by atoms with Crippen LogP contribution < -0.4 is 9.46 Å². The van der Waals surface area contributed by atoms with Gasteiger partial charge in [-0.15, -0.1) is 0 Å². The van der Waals surface area contributed by atoms with E-state index in [4.69, 9.17) is 23.9 Å². The molecular formula is C44H62N6O9S. The minimum Gasteiger partial charge on any atom is -0.460 e. The minimum atomic E-state index is -4.14. The zero-order valence-corrected chi connectivity index (χ0v) is 37.4. The SMILES string of the molecule is CCCc1nc(-c2cccc3c2nc(O[C@@H]2C[C@H]4C(=O)C[C@]5(C(=O)NS(=O)(=O)N(C)C)C[C@H]5/C=C\CCCCC[C@H](CC(=O)OC(C)(C)C)C(=O)N4C2)n3C(C)C)oc1C. The fourth-order valence-electron chi connectivity index (χ4n) is 8.53. The van der Waals surface area contributed by atoms with Gasteiger partial charge in [0.05, 0.1) is 41.2 Å². The van der Waals surface area contributed by atoms with E-state index in [0.29, 0.717) is 35.8 Å². The Morgan fingerprint density at radius 1 is 1.12 bits per heavy atom. The number of nitrogens with zero attached hydrogens (tertiary/aromatic N) is 5. The number of carbonyl (C=O) groups excluding carboxylic acids is 4. The monoisotopic (exact) mass is 850 g/mol.